The second-order valence-electron chi connectivity index (χ2n) is 8.72. The topological polar surface area (TPSA) is 73.1 Å². The Balaban J connectivity index is 1.61. The van der Waals surface area contributed by atoms with Gasteiger partial charge in [0.1, 0.15) is 19.1 Å². The molecule has 1 N–H and O–H groups in total. The maximum Gasteiger partial charge on any atom is 0.222 e. The largest absolute Gasteiger partial charge is 0.439 e. The SMILES string of the molecule is [B]c1c(Oc2ncccc2CC(O)C(C)(C)C)ccc2c1nnn2CC1CC1. The minimum atomic E-state index is -0.513. The molecule has 7 heteroatoms. The van der Waals surface area contributed by atoms with Crippen LogP contribution in [0, 0.1) is 11.3 Å². The van der Waals surface area contributed by atoms with E-state index in [4.69, 9.17) is 12.6 Å². The van der Waals surface area contributed by atoms with Crippen molar-refractivity contribution in [3.63, 3.8) is 0 Å². The Bertz CT molecular complexity index is 992. The maximum absolute atomic E-state index is 10.5. The molecule has 4 rings (SSSR count). The van der Waals surface area contributed by atoms with Gasteiger partial charge in [-0.2, -0.15) is 0 Å². The minimum absolute atomic E-state index is 0.231. The van der Waals surface area contributed by atoms with Crippen LogP contribution in [-0.4, -0.2) is 39.0 Å². The zero-order chi connectivity index (χ0) is 19.9. The Morgan fingerprint density at radius 3 is 2.79 bits per heavy atom. The van der Waals surface area contributed by atoms with Crippen LogP contribution in [0.1, 0.15) is 39.2 Å². The molecule has 1 atom stereocenters. The van der Waals surface area contributed by atoms with Crippen LogP contribution in [0.15, 0.2) is 30.5 Å². The van der Waals surface area contributed by atoms with E-state index in [1.54, 1.807) is 6.20 Å². The van der Waals surface area contributed by atoms with Gasteiger partial charge in [0.05, 0.1) is 11.6 Å². The van der Waals surface area contributed by atoms with Gasteiger partial charge < -0.3 is 9.84 Å². The van der Waals surface area contributed by atoms with Crippen LogP contribution in [0.25, 0.3) is 11.0 Å². The molecular formula is C21H25BN4O2. The predicted octanol–water partition coefficient (Wildman–Crippen LogP) is 2.77. The first-order valence-corrected chi connectivity index (χ1v) is 9.74. The van der Waals surface area contributed by atoms with Gasteiger partial charge in [-0.1, -0.05) is 32.1 Å². The Morgan fingerprint density at radius 1 is 1.29 bits per heavy atom. The van der Waals surface area contributed by atoms with Gasteiger partial charge in [-0.05, 0) is 47.8 Å². The summed E-state index contributed by atoms with van der Waals surface area (Å²) < 4.78 is 7.96. The molecule has 0 bridgehead atoms. The summed E-state index contributed by atoms with van der Waals surface area (Å²) in [5.74, 6) is 1.64. The summed E-state index contributed by atoms with van der Waals surface area (Å²) in [6.45, 7) is 6.90. The zero-order valence-corrected chi connectivity index (χ0v) is 16.6. The van der Waals surface area contributed by atoms with Crippen LogP contribution in [0.5, 0.6) is 11.6 Å². The van der Waals surface area contributed by atoms with E-state index >= 15 is 0 Å². The predicted molar refractivity (Wildman–Crippen MR) is 109 cm³/mol. The first-order valence-electron chi connectivity index (χ1n) is 9.74. The van der Waals surface area contributed by atoms with Gasteiger partial charge in [0.2, 0.25) is 5.88 Å². The highest BCUT2D eigenvalue weighted by Gasteiger charge is 2.25. The summed E-state index contributed by atoms with van der Waals surface area (Å²) >= 11 is 0. The third kappa shape index (κ3) is 3.90. The van der Waals surface area contributed by atoms with Crippen LogP contribution in [0.3, 0.4) is 0 Å². The molecule has 1 aromatic carbocycles. The fourth-order valence-electron chi connectivity index (χ4n) is 3.10. The van der Waals surface area contributed by atoms with Gasteiger partial charge in [-0.25, -0.2) is 9.67 Å². The molecular weight excluding hydrogens is 351 g/mol. The number of fused-ring (bicyclic) bond motifs is 1. The van der Waals surface area contributed by atoms with Crippen molar-refractivity contribution in [2.75, 3.05) is 0 Å². The highest BCUT2D eigenvalue weighted by molar-refractivity contribution is 6.40. The number of aliphatic hydroxyl groups is 1. The monoisotopic (exact) mass is 376 g/mol. The minimum Gasteiger partial charge on any atom is -0.439 e. The molecule has 1 saturated carbocycles. The summed E-state index contributed by atoms with van der Waals surface area (Å²) in [5, 5.41) is 19.0. The number of nitrogens with zero attached hydrogens (tertiary/aromatic N) is 4. The highest BCUT2D eigenvalue weighted by Crippen LogP contribution is 2.32. The molecule has 0 aliphatic heterocycles. The van der Waals surface area contributed by atoms with Gasteiger partial charge in [-0.15, -0.1) is 5.10 Å². The zero-order valence-electron chi connectivity index (χ0n) is 16.6. The lowest BCUT2D eigenvalue weighted by atomic mass is 9.85. The number of aromatic nitrogens is 4. The summed E-state index contributed by atoms with van der Waals surface area (Å²) in [5.41, 5.74) is 2.62. The van der Waals surface area contributed by atoms with Crippen molar-refractivity contribution in [1.29, 1.82) is 0 Å². The van der Waals surface area contributed by atoms with Crippen molar-refractivity contribution < 1.29 is 9.84 Å². The fourth-order valence-corrected chi connectivity index (χ4v) is 3.10. The second-order valence-corrected chi connectivity index (χ2v) is 8.72. The molecule has 3 aromatic rings. The normalized spacial score (nSPS) is 15.7. The molecule has 2 aromatic heterocycles. The number of rotatable bonds is 6. The van der Waals surface area contributed by atoms with E-state index in [0.717, 1.165) is 17.6 Å². The standard InChI is InChI=1S/C21H25BN4O2/c1-21(2,3)17(27)11-14-5-4-10-23-20(14)28-16-9-8-15-19(18(16)22)24-25-26(15)12-13-6-7-13/h4-5,8-10,13,17,27H,6-7,11-12H2,1-3H3. The van der Waals surface area contributed by atoms with Gasteiger partial charge in [0.15, 0.2) is 0 Å². The molecule has 1 unspecified atom stereocenters. The van der Waals surface area contributed by atoms with Crippen LogP contribution in [0.4, 0.5) is 0 Å². The number of hydrogen-bond acceptors (Lipinski definition) is 5. The fraction of sp³-hybridized carbons (Fsp3) is 0.476. The number of pyridine rings is 1. The van der Waals surface area contributed by atoms with Crippen molar-refractivity contribution in [2.24, 2.45) is 11.3 Å². The summed E-state index contributed by atoms with van der Waals surface area (Å²) in [4.78, 5) is 4.35. The molecule has 2 heterocycles. The smallest absolute Gasteiger partial charge is 0.222 e. The van der Waals surface area contributed by atoms with Gasteiger partial charge in [-0.3, -0.25) is 0 Å². The first kappa shape index (κ1) is 18.9. The highest BCUT2D eigenvalue weighted by atomic mass is 16.5. The van der Waals surface area contributed by atoms with Gasteiger partial charge >= 0.3 is 0 Å². The molecule has 144 valence electrons. The van der Waals surface area contributed by atoms with E-state index in [1.165, 1.54) is 12.8 Å². The van der Waals surface area contributed by atoms with Crippen molar-refractivity contribution >= 4 is 24.3 Å². The third-order valence-corrected chi connectivity index (χ3v) is 5.28. The maximum atomic E-state index is 10.5. The molecule has 1 aliphatic carbocycles. The van der Waals surface area contributed by atoms with Crippen LogP contribution >= 0.6 is 0 Å². The van der Waals surface area contributed by atoms with Crippen molar-refractivity contribution in [2.45, 2.75) is 52.7 Å². The Kier molecular flexibility index (Phi) is 4.87. The van der Waals surface area contributed by atoms with Gasteiger partial charge in [0.25, 0.3) is 0 Å². The lowest BCUT2D eigenvalue weighted by Crippen LogP contribution is -2.28. The third-order valence-electron chi connectivity index (χ3n) is 5.28. The average Bonchev–Trinajstić information content (AvgIpc) is 3.37. The van der Waals surface area contributed by atoms with E-state index < -0.39 is 6.10 Å². The molecule has 0 amide bonds. The van der Waals surface area contributed by atoms with Gasteiger partial charge in [0, 0.05) is 24.7 Å². The van der Waals surface area contributed by atoms with E-state index in [0.29, 0.717) is 34.9 Å². The van der Waals surface area contributed by atoms with E-state index in [1.807, 2.05) is 49.7 Å². The van der Waals surface area contributed by atoms with E-state index in [-0.39, 0.29) is 5.41 Å². The summed E-state index contributed by atoms with van der Waals surface area (Å²) in [6, 6.07) is 7.53. The van der Waals surface area contributed by atoms with Crippen molar-refractivity contribution in [1.82, 2.24) is 20.0 Å². The number of benzene rings is 1. The summed E-state index contributed by atoms with van der Waals surface area (Å²) in [6.07, 6.45) is 4.11. The van der Waals surface area contributed by atoms with Crippen molar-refractivity contribution in [3.05, 3.63) is 36.0 Å². The Hall–Kier alpha value is -2.41. The van der Waals surface area contributed by atoms with Crippen LogP contribution in [0.2, 0.25) is 0 Å². The first-order chi connectivity index (χ1) is 13.3. The second kappa shape index (κ2) is 7.20. The summed E-state index contributed by atoms with van der Waals surface area (Å²) in [7, 11) is 6.33. The molecule has 28 heavy (non-hydrogen) atoms. The van der Waals surface area contributed by atoms with Crippen molar-refractivity contribution in [3.8, 4) is 11.6 Å². The van der Waals surface area contributed by atoms with E-state index in [2.05, 4.69) is 15.3 Å². The van der Waals surface area contributed by atoms with E-state index in [9.17, 15) is 5.11 Å². The number of aliphatic hydroxyl groups excluding tert-OH is 1. The van der Waals surface area contributed by atoms with Crippen LogP contribution in [-0.2, 0) is 13.0 Å². The number of hydrogen-bond donors (Lipinski definition) is 1. The Labute approximate surface area is 166 Å². The number of ether oxygens (including phenoxy) is 1. The molecule has 1 fully saturated rings. The lowest BCUT2D eigenvalue weighted by Gasteiger charge is -2.26. The molecule has 0 spiro atoms. The average molecular weight is 376 g/mol. The Morgan fingerprint density at radius 2 is 2.07 bits per heavy atom. The lowest BCUT2D eigenvalue weighted by molar-refractivity contribution is 0.0631. The molecule has 2 radical (unpaired) electrons. The van der Waals surface area contributed by atoms with Crippen LogP contribution < -0.4 is 10.2 Å². The molecule has 1 aliphatic rings. The quantitative estimate of drug-likeness (QED) is 0.670. The molecule has 6 nitrogen and oxygen atoms in total. The molecule has 0 saturated heterocycles.